The Morgan fingerprint density at radius 2 is 1.73 bits per heavy atom. The maximum atomic E-state index is 12.9. The van der Waals surface area contributed by atoms with Gasteiger partial charge in [0, 0.05) is 14.1 Å². The molecule has 0 saturated heterocycles. The summed E-state index contributed by atoms with van der Waals surface area (Å²) in [6.07, 6.45) is 0. The van der Waals surface area contributed by atoms with Gasteiger partial charge in [-0.1, -0.05) is 0 Å². The smallest absolute Gasteiger partial charge is 0.332 e. The highest BCUT2D eigenvalue weighted by Gasteiger charge is 2.26. The van der Waals surface area contributed by atoms with E-state index in [4.69, 9.17) is 10.5 Å². The van der Waals surface area contributed by atoms with Crippen molar-refractivity contribution in [1.82, 2.24) is 13.9 Å². The summed E-state index contributed by atoms with van der Waals surface area (Å²) < 4.78 is 45.7. The van der Waals surface area contributed by atoms with Crippen LogP contribution in [-0.4, -0.2) is 42.0 Å². The molecule has 11 nitrogen and oxygen atoms in total. The van der Waals surface area contributed by atoms with Gasteiger partial charge in [0.2, 0.25) is 15.8 Å². The van der Waals surface area contributed by atoms with E-state index in [1.807, 2.05) is 4.72 Å². The molecule has 162 valence electrons. The molecule has 0 amide bonds. The summed E-state index contributed by atoms with van der Waals surface area (Å²) in [7, 11) is -1.75. The average Bonchev–Trinajstić information content (AvgIpc) is 2.69. The number of benzene rings is 1. The van der Waals surface area contributed by atoms with Crippen LogP contribution in [0.15, 0.2) is 38.8 Å². The fourth-order valence-corrected chi connectivity index (χ4v) is 3.61. The summed E-state index contributed by atoms with van der Waals surface area (Å²) in [4.78, 5) is 48.0. The molecular formula is C17H19FN4O7S. The molecule has 2 rings (SSSR count). The highest BCUT2D eigenvalue weighted by Crippen LogP contribution is 2.11. The van der Waals surface area contributed by atoms with Gasteiger partial charge in [0.1, 0.15) is 23.2 Å². The molecule has 0 aliphatic carbocycles. The van der Waals surface area contributed by atoms with E-state index in [1.165, 1.54) is 14.0 Å². The van der Waals surface area contributed by atoms with Crippen molar-refractivity contribution in [3.8, 4) is 0 Å². The molecule has 0 bridgehead atoms. The Labute approximate surface area is 169 Å². The van der Waals surface area contributed by atoms with Crippen LogP contribution >= 0.6 is 0 Å². The number of nitrogens with two attached hydrogens (primary N) is 1. The number of ketones is 1. The number of Topliss-reactive ketones (excluding diaryl/α,β-unsaturated/α-hetero) is 1. The van der Waals surface area contributed by atoms with Crippen molar-refractivity contribution >= 4 is 27.6 Å². The molecule has 0 spiro atoms. The number of aromatic nitrogens is 2. The molecule has 30 heavy (non-hydrogen) atoms. The monoisotopic (exact) mass is 442 g/mol. The number of ether oxygens (including phenoxy) is 1. The van der Waals surface area contributed by atoms with Crippen LogP contribution in [0.3, 0.4) is 0 Å². The minimum Gasteiger partial charge on any atom is -0.456 e. The van der Waals surface area contributed by atoms with Gasteiger partial charge in [0.15, 0.2) is 6.61 Å². The minimum atomic E-state index is -4.16. The van der Waals surface area contributed by atoms with Crippen molar-refractivity contribution < 1.29 is 27.1 Å². The van der Waals surface area contributed by atoms with E-state index in [0.717, 1.165) is 35.9 Å². The van der Waals surface area contributed by atoms with Crippen LogP contribution in [0.5, 0.6) is 0 Å². The zero-order chi connectivity index (χ0) is 22.8. The van der Waals surface area contributed by atoms with Gasteiger partial charge >= 0.3 is 11.7 Å². The second kappa shape index (κ2) is 8.59. The SMILES string of the molecule is C[C@@H](NS(=O)(=O)c1ccc(F)cc1)C(=O)OCC(=O)c1c(N)n(C)c(=O)n(C)c1=O. The van der Waals surface area contributed by atoms with Crippen LogP contribution < -0.4 is 21.7 Å². The maximum Gasteiger partial charge on any atom is 0.332 e. The number of carbonyl (C=O) groups is 2. The number of anilines is 1. The summed E-state index contributed by atoms with van der Waals surface area (Å²) in [5.74, 6) is -3.10. The van der Waals surface area contributed by atoms with Gasteiger partial charge in [-0.2, -0.15) is 4.72 Å². The molecule has 0 radical (unpaired) electrons. The Morgan fingerprint density at radius 1 is 1.17 bits per heavy atom. The molecule has 0 saturated carbocycles. The van der Waals surface area contributed by atoms with Gasteiger partial charge in [-0.3, -0.25) is 23.5 Å². The van der Waals surface area contributed by atoms with E-state index >= 15 is 0 Å². The highest BCUT2D eigenvalue weighted by atomic mass is 32.2. The van der Waals surface area contributed by atoms with Crippen molar-refractivity contribution in [3.05, 3.63) is 56.5 Å². The largest absolute Gasteiger partial charge is 0.456 e. The van der Waals surface area contributed by atoms with Gasteiger partial charge in [-0.05, 0) is 31.2 Å². The fourth-order valence-electron chi connectivity index (χ4n) is 2.42. The normalized spacial score (nSPS) is 12.4. The second-order valence-electron chi connectivity index (χ2n) is 6.29. The van der Waals surface area contributed by atoms with Crippen LogP contribution in [0.2, 0.25) is 0 Å². The number of esters is 1. The number of nitrogen functional groups attached to an aromatic ring is 1. The lowest BCUT2D eigenvalue weighted by Crippen LogP contribution is -2.43. The van der Waals surface area contributed by atoms with Gasteiger partial charge in [0.05, 0.1) is 4.90 Å². The second-order valence-corrected chi connectivity index (χ2v) is 8.01. The fraction of sp³-hybridized carbons (Fsp3) is 0.294. The third kappa shape index (κ3) is 4.63. The number of sulfonamides is 1. The summed E-state index contributed by atoms with van der Waals surface area (Å²) in [5.41, 5.74) is 3.42. The highest BCUT2D eigenvalue weighted by molar-refractivity contribution is 7.89. The number of nitrogens with zero attached hydrogens (tertiary/aromatic N) is 2. The van der Waals surface area contributed by atoms with Gasteiger partial charge in [-0.15, -0.1) is 0 Å². The number of hydrogen-bond donors (Lipinski definition) is 2. The predicted molar refractivity (Wildman–Crippen MR) is 103 cm³/mol. The Balaban J connectivity index is 2.10. The van der Waals surface area contributed by atoms with Crippen molar-refractivity contribution in [2.24, 2.45) is 14.1 Å². The van der Waals surface area contributed by atoms with Crippen molar-refractivity contribution in [3.63, 3.8) is 0 Å². The first-order valence-corrected chi connectivity index (χ1v) is 9.88. The Kier molecular flexibility index (Phi) is 6.57. The number of rotatable bonds is 7. The van der Waals surface area contributed by atoms with E-state index in [0.29, 0.717) is 4.57 Å². The first kappa shape index (κ1) is 23.0. The molecule has 1 aromatic heterocycles. The van der Waals surface area contributed by atoms with Crippen LogP contribution in [0, 0.1) is 5.82 Å². The minimum absolute atomic E-state index is 0.277. The lowest BCUT2D eigenvalue weighted by Gasteiger charge is -2.14. The van der Waals surface area contributed by atoms with Crippen molar-refractivity contribution in [2.75, 3.05) is 12.3 Å². The third-order valence-electron chi connectivity index (χ3n) is 4.14. The molecule has 1 aromatic carbocycles. The van der Waals surface area contributed by atoms with E-state index in [2.05, 4.69) is 0 Å². The molecule has 0 unspecified atom stereocenters. The van der Waals surface area contributed by atoms with Crippen molar-refractivity contribution in [1.29, 1.82) is 0 Å². The van der Waals surface area contributed by atoms with Gasteiger partial charge in [0.25, 0.3) is 5.56 Å². The van der Waals surface area contributed by atoms with Crippen molar-refractivity contribution in [2.45, 2.75) is 17.9 Å². The molecule has 13 heteroatoms. The van der Waals surface area contributed by atoms with Crippen LogP contribution in [0.25, 0.3) is 0 Å². The van der Waals surface area contributed by atoms with Crippen LogP contribution in [0.1, 0.15) is 17.3 Å². The van der Waals surface area contributed by atoms with E-state index in [9.17, 15) is 32.0 Å². The Hall–Kier alpha value is -3.32. The first-order valence-electron chi connectivity index (χ1n) is 8.40. The number of halogens is 1. The molecule has 2 aromatic rings. The Morgan fingerprint density at radius 3 is 2.30 bits per heavy atom. The summed E-state index contributed by atoms with van der Waals surface area (Å²) in [6.45, 7) is 0.270. The molecule has 1 atom stereocenters. The average molecular weight is 442 g/mol. The van der Waals surface area contributed by atoms with Gasteiger partial charge < -0.3 is 10.5 Å². The molecule has 0 aliphatic rings. The molecule has 0 aliphatic heterocycles. The lowest BCUT2D eigenvalue weighted by atomic mass is 10.2. The number of carbonyl (C=O) groups excluding carboxylic acids is 2. The first-order chi connectivity index (χ1) is 13.9. The molecule has 0 fully saturated rings. The molecule has 1 heterocycles. The zero-order valence-corrected chi connectivity index (χ0v) is 17.0. The van der Waals surface area contributed by atoms with E-state index < -0.39 is 62.9 Å². The predicted octanol–water partition coefficient (Wildman–Crippen LogP) is -1.10. The standard InChI is InChI=1S/C17H19FN4O7S/c1-9(20-30(27,28)11-6-4-10(18)5-7-11)16(25)29-8-12(23)13-14(19)21(2)17(26)22(3)15(13)24/h4-7,9,20H,8,19H2,1-3H3/t9-/m1/s1. The van der Waals surface area contributed by atoms with Crippen LogP contribution in [-0.2, 0) is 33.7 Å². The maximum absolute atomic E-state index is 12.9. The Bertz CT molecular complexity index is 1220. The third-order valence-corrected chi connectivity index (χ3v) is 5.70. The van der Waals surface area contributed by atoms with E-state index in [-0.39, 0.29) is 4.90 Å². The lowest BCUT2D eigenvalue weighted by molar-refractivity contribution is -0.144. The summed E-state index contributed by atoms with van der Waals surface area (Å²) in [6, 6.07) is 2.51. The zero-order valence-electron chi connectivity index (χ0n) is 16.2. The molecule has 3 N–H and O–H groups in total. The topological polar surface area (TPSA) is 160 Å². The number of nitrogens with one attached hydrogen (secondary N) is 1. The van der Waals surface area contributed by atoms with Crippen LogP contribution in [0.4, 0.5) is 10.2 Å². The quantitative estimate of drug-likeness (QED) is 0.404. The summed E-state index contributed by atoms with van der Waals surface area (Å²) >= 11 is 0. The van der Waals surface area contributed by atoms with E-state index in [1.54, 1.807) is 0 Å². The number of hydrogen-bond acceptors (Lipinski definition) is 8. The summed E-state index contributed by atoms with van der Waals surface area (Å²) in [5, 5.41) is 0. The molecular weight excluding hydrogens is 423 g/mol. The van der Waals surface area contributed by atoms with Gasteiger partial charge in [-0.25, -0.2) is 17.6 Å².